The lowest BCUT2D eigenvalue weighted by atomic mass is 10.2. The number of carbonyl (C=O) groups excluding carboxylic acids is 1. The van der Waals surface area contributed by atoms with Crippen molar-refractivity contribution in [2.45, 2.75) is 51.9 Å². The van der Waals surface area contributed by atoms with E-state index in [1.165, 1.54) is 16.6 Å². The number of aromatic nitrogens is 4. The van der Waals surface area contributed by atoms with Gasteiger partial charge in [0.25, 0.3) is 0 Å². The molecule has 0 aromatic carbocycles. The molecule has 0 radical (unpaired) electrons. The van der Waals surface area contributed by atoms with Gasteiger partial charge in [-0.25, -0.2) is 9.89 Å². The SMILES string of the molecule is CCCn1c(SCC(=O)c2cc(C)n(CCc3cccs3)c2C)n[nH]c1=O. The zero-order valence-corrected chi connectivity index (χ0v) is 17.5. The standard InChI is InChI=1S/C19H24N4O2S2/c1-4-8-23-18(25)20-21-19(23)27-12-17(24)16-11-13(2)22(14(16)3)9-7-15-6-5-10-26-15/h5-6,10-11H,4,7-9,12H2,1-3H3,(H,20,25). The Kier molecular flexibility index (Phi) is 6.38. The van der Waals surface area contributed by atoms with E-state index in [1.54, 1.807) is 15.9 Å². The number of carbonyl (C=O) groups is 1. The van der Waals surface area contributed by atoms with Crippen LogP contribution in [0.25, 0.3) is 0 Å². The van der Waals surface area contributed by atoms with Crippen LogP contribution in [0.4, 0.5) is 0 Å². The van der Waals surface area contributed by atoms with Crippen molar-refractivity contribution in [3.8, 4) is 0 Å². The third-order valence-electron chi connectivity index (χ3n) is 4.54. The fourth-order valence-corrected chi connectivity index (χ4v) is 4.70. The molecule has 0 aliphatic carbocycles. The Balaban J connectivity index is 1.68. The number of thiophene rings is 1. The summed E-state index contributed by atoms with van der Waals surface area (Å²) in [5.41, 5.74) is 2.63. The summed E-state index contributed by atoms with van der Waals surface area (Å²) in [7, 11) is 0. The highest BCUT2D eigenvalue weighted by Gasteiger charge is 2.17. The third kappa shape index (κ3) is 4.44. The quantitative estimate of drug-likeness (QED) is 0.436. The van der Waals surface area contributed by atoms with Gasteiger partial charge in [-0.05, 0) is 44.2 Å². The van der Waals surface area contributed by atoms with Crippen LogP contribution in [0.2, 0.25) is 0 Å². The summed E-state index contributed by atoms with van der Waals surface area (Å²) < 4.78 is 3.79. The van der Waals surface area contributed by atoms with Crippen molar-refractivity contribution < 1.29 is 4.79 Å². The summed E-state index contributed by atoms with van der Waals surface area (Å²) in [5, 5.41) is 9.16. The Labute approximate surface area is 166 Å². The van der Waals surface area contributed by atoms with Gasteiger partial charge in [0, 0.05) is 34.9 Å². The molecule has 144 valence electrons. The Morgan fingerprint density at radius 1 is 1.30 bits per heavy atom. The van der Waals surface area contributed by atoms with Crippen molar-refractivity contribution in [3.63, 3.8) is 0 Å². The van der Waals surface area contributed by atoms with Crippen LogP contribution in [0, 0.1) is 13.8 Å². The van der Waals surface area contributed by atoms with Gasteiger partial charge in [0.2, 0.25) is 0 Å². The predicted octanol–water partition coefficient (Wildman–Crippen LogP) is 3.68. The van der Waals surface area contributed by atoms with Crippen LogP contribution in [0.5, 0.6) is 0 Å². The molecule has 0 saturated carbocycles. The van der Waals surface area contributed by atoms with Crippen LogP contribution in [0.15, 0.2) is 33.5 Å². The number of thioether (sulfide) groups is 1. The zero-order valence-electron chi connectivity index (χ0n) is 15.8. The number of ketones is 1. The number of nitrogens with zero attached hydrogens (tertiary/aromatic N) is 3. The molecule has 0 saturated heterocycles. The molecule has 0 aliphatic heterocycles. The number of aryl methyl sites for hydroxylation is 2. The number of H-pyrrole nitrogens is 1. The summed E-state index contributed by atoms with van der Waals surface area (Å²) in [6.07, 6.45) is 1.80. The topological polar surface area (TPSA) is 72.7 Å². The molecule has 0 atom stereocenters. The van der Waals surface area contributed by atoms with E-state index in [9.17, 15) is 9.59 Å². The first-order chi connectivity index (χ1) is 13.0. The molecule has 1 N–H and O–H groups in total. The smallest absolute Gasteiger partial charge is 0.343 e. The molecule has 0 spiro atoms. The van der Waals surface area contributed by atoms with Crippen LogP contribution < -0.4 is 5.69 Å². The lowest BCUT2D eigenvalue weighted by molar-refractivity contribution is 0.102. The number of nitrogens with one attached hydrogen (secondary N) is 1. The highest BCUT2D eigenvalue weighted by atomic mass is 32.2. The summed E-state index contributed by atoms with van der Waals surface area (Å²) in [6.45, 7) is 7.51. The number of Topliss-reactive ketones (excluding diaryl/α,β-unsaturated/α-hetero) is 1. The molecule has 27 heavy (non-hydrogen) atoms. The third-order valence-corrected chi connectivity index (χ3v) is 6.45. The molecule has 3 heterocycles. The second-order valence-electron chi connectivity index (χ2n) is 6.44. The van der Waals surface area contributed by atoms with Crippen molar-refractivity contribution in [2.75, 3.05) is 5.75 Å². The predicted molar refractivity (Wildman–Crippen MR) is 110 cm³/mol. The van der Waals surface area contributed by atoms with Crippen LogP contribution in [0.1, 0.15) is 40.0 Å². The largest absolute Gasteiger partial charge is 0.348 e. The van der Waals surface area contributed by atoms with Crippen LogP contribution >= 0.6 is 23.1 Å². The molecule has 0 amide bonds. The van der Waals surface area contributed by atoms with Gasteiger partial charge in [0.05, 0.1) is 5.75 Å². The van der Waals surface area contributed by atoms with E-state index >= 15 is 0 Å². The summed E-state index contributed by atoms with van der Waals surface area (Å²) >= 11 is 3.07. The Hall–Kier alpha value is -2.06. The summed E-state index contributed by atoms with van der Waals surface area (Å²) in [6, 6.07) is 6.17. The van der Waals surface area contributed by atoms with Crippen molar-refractivity contribution in [2.24, 2.45) is 0 Å². The first-order valence-corrected chi connectivity index (χ1v) is 10.9. The Morgan fingerprint density at radius 2 is 2.11 bits per heavy atom. The maximum absolute atomic E-state index is 12.8. The molecule has 0 bridgehead atoms. The first-order valence-electron chi connectivity index (χ1n) is 9.01. The molecule has 0 aliphatic rings. The van der Waals surface area contributed by atoms with Gasteiger partial charge in [-0.2, -0.15) is 0 Å². The van der Waals surface area contributed by atoms with Crippen molar-refractivity contribution in [1.82, 2.24) is 19.3 Å². The number of hydrogen-bond donors (Lipinski definition) is 1. The van der Waals surface area contributed by atoms with Gasteiger partial charge in [-0.15, -0.1) is 16.4 Å². The molecule has 0 fully saturated rings. The van der Waals surface area contributed by atoms with Crippen molar-refractivity contribution >= 4 is 28.9 Å². The van der Waals surface area contributed by atoms with E-state index < -0.39 is 0 Å². The zero-order chi connectivity index (χ0) is 19.4. The van der Waals surface area contributed by atoms with E-state index in [0.717, 1.165) is 36.3 Å². The first kappa shape index (κ1) is 19.7. The highest BCUT2D eigenvalue weighted by Crippen LogP contribution is 2.21. The summed E-state index contributed by atoms with van der Waals surface area (Å²) in [5.74, 6) is 0.331. The fraction of sp³-hybridized carbons (Fsp3) is 0.421. The Morgan fingerprint density at radius 3 is 2.81 bits per heavy atom. The second kappa shape index (κ2) is 8.75. The van der Waals surface area contributed by atoms with E-state index in [2.05, 4.69) is 32.3 Å². The lowest BCUT2D eigenvalue weighted by Crippen LogP contribution is -2.17. The molecule has 3 aromatic heterocycles. The van der Waals surface area contributed by atoms with Gasteiger partial charge in [0.15, 0.2) is 10.9 Å². The second-order valence-corrected chi connectivity index (χ2v) is 8.42. The van der Waals surface area contributed by atoms with Crippen LogP contribution in [-0.2, 0) is 19.5 Å². The molecule has 3 aromatic rings. The van der Waals surface area contributed by atoms with Crippen molar-refractivity contribution in [1.29, 1.82) is 0 Å². The number of rotatable bonds is 9. The van der Waals surface area contributed by atoms with Gasteiger partial charge >= 0.3 is 5.69 Å². The minimum atomic E-state index is -0.224. The maximum Gasteiger partial charge on any atom is 0.343 e. The van der Waals surface area contributed by atoms with Crippen LogP contribution in [-0.4, -0.2) is 30.9 Å². The van der Waals surface area contributed by atoms with E-state index in [0.29, 0.717) is 11.7 Å². The molecular weight excluding hydrogens is 380 g/mol. The molecule has 3 rings (SSSR count). The Bertz CT molecular complexity index is 967. The minimum absolute atomic E-state index is 0.0639. The molecular formula is C19H24N4O2S2. The average molecular weight is 405 g/mol. The summed E-state index contributed by atoms with van der Waals surface area (Å²) in [4.78, 5) is 25.9. The van der Waals surface area contributed by atoms with Gasteiger partial charge in [-0.1, -0.05) is 24.8 Å². The van der Waals surface area contributed by atoms with Gasteiger partial charge < -0.3 is 4.57 Å². The van der Waals surface area contributed by atoms with Crippen LogP contribution in [0.3, 0.4) is 0 Å². The highest BCUT2D eigenvalue weighted by molar-refractivity contribution is 7.99. The lowest BCUT2D eigenvalue weighted by Gasteiger charge is -2.09. The van der Waals surface area contributed by atoms with E-state index in [4.69, 9.17) is 0 Å². The molecule has 8 heteroatoms. The number of aromatic amines is 1. The maximum atomic E-state index is 12.8. The average Bonchev–Trinajstić information content (AvgIpc) is 3.34. The van der Waals surface area contributed by atoms with Crippen molar-refractivity contribution in [3.05, 3.63) is 55.9 Å². The monoisotopic (exact) mass is 404 g/mol. The molecule has 0 unspecified atom stereocenters. The van der Waals surface area contributed by atoms with E-state index in [-0.39, 0.29) is 17.2 Å². The number of hydrogen-bond acceptors (Lipinski definition) is 5. The van der Waals surface area contributed by atoms with Gasteiger partial charge in [-0.3, -0.25) is 9.36 Å². The fourth-order valence-electron chi connectivity index (χ4n) is 3.15. The van der Waals surface area contributed by atoms with E-state index in [1.807, 2.05) is 26.8 Å². The van der Waals surface area contributed by atoms with Gasteiger partial charge in [0.1, 0.15) is 0 Å². The minimum Gasteiger partial charge on any atom is -0.348 e. The molecule has 6 nitrogen and oxygen atoms in total. The normalized spacial score (nSPS) is 11.2.